The average Bonchev–Trinajstić information content (AvgIpc) is 3.42. The number of rotatable bonds is 59. The second-order valence-electron chi connectivity index (χ2n) is 22.7. The van der Waals surface area contributed by atoms with Gasteiger partial charge in [-0.1, -0.05) is 277 Å². The zero-order valence-electron chi connectivity index (χ0n) is 52.2. The highest BCUT2D eigenvalue weighted by Crippen LogP contribution is 2.38. The van der Waals surface area contributed by atoms with E-state index in [-0.39, 0.29) is 26.1 Å². The van der Waals surface area contributed by atoms with Gasteiger partial charge in [0.1, 0.15) is 19.8 Å². The molecule has 0 aromatic carbocycles. The lowest BCUT2D eigenvalue weighted by molar-refractivity contribution is -0.870. The summed E-state index contributed by atoms with van der Waals surface area (Å²) in [4.78, 5) is 37.9. The summed E-state index contributed by atoms with van der Waals surface area (Å²) in [6.45, 7) is 3.95. The van der Waals surface area contributed by atoms with Crippen LogP contribution in [-0.2, 0) is 32.7 Å². The molecule has 0 heterocycles. The van der Waals surface area contributed by atoms with Crippen molar-refractivity contribution in [2.75, 3.05) is 47.5 Å². The van der Waals surface area contributed by atoms with Crippen molar-refractivity contribution in [2.45, 2.75) is 277 Å². The Labute approximate surface area is 493 Å². The largest absolute Gasteiger partial charge is 0.756 e. The highest BCUT2D eigenvalue weighted by Gasteiger charge is 2.21. The van der Waals surface area contributed by atoms with Crippen LogP contribution in [-0.4, -0.2) is 70.0 Å². The van der Waals surface area contributed by atoms with Crippen molar-refractivity contribution < 1.29 is 42.1 Å². The van der Waals surface area contributed by atoms with Crippen molar-refractivity contribution in [3.05, 3.63) is 109 Å². The van der Waals surface area contributed by atoms with E-state index in [1.54, 1.807) is 0 Å². The molecule has 0 rings (SSSR count). The Hall–Kier alpha value is -3.33. The van der Waals surface area contributed by atoms with Crippen LogP contribution in [0.15, 0.2) is 109 Å². The molecule has 0 aromatic heterocycles. The van der Waals surface area contributed by atoms with Crippen LogP contribution in [0.2, 0.25) is 0 Å². The number of nitrogens with zero attached hydrogens (tertiary/aromatic N) is 1. The van der Waals surface area contributed by atoms with Crippen molar-refractivity contribution in [1.29, 1.82) is 0 Å². The van der Waals surface area contributed by atoms with Gasteiger partial charge in [0.2, 0.25) is 0 Å². The number of carbonyl (C=O) groups is 2. The lowest BCUT2D eigenvalue weighted by atomic mass is 10.0. The van der Waals surface area contributed by atoms with E-state index >= 15 is 0 Å². The molecule has 80 heavy (non-hydrogen) atoms. The van der Waals surface area contributed by atoms with Crippen molar-refractivity contribution in [3.8, 4) is 0 Å². The first-order chi connectivity index (χ1) is 39.0. The van der Waals surface area contributed by atoms with Gasteiger partial charge in [0, 0.05) is 12.8 Å². The quantitative estimate of drug-likeness (QED) is 0.0195. The summed E-state index contributed by atoms with van der Waals surface area (Å²) in [5.41, 5.74) is 0. The number of likely N-dealkylation sites (N-methyl/N-ethyl adjacent to an activating group) is 1. The van der Waals surface area contributed by atoms with Crippen LogP contribution in [0.5, 0.6) is 0 Å². The van der Waals surface area contributed by atoms with Gasteiger partial charge in [-0.15, -0.1) is 0 Å². The maximum atomic E-state index is 12.8. The highest BCUT2D eigenvalue weighted by molar-refractivity contribution is 7.45. The topological polar surface area (TPSA) is 111 Å². The van der Waals surface area contributed by atoms with Crippen molar-refractivity contribution >= 4 is 19.8 Å². The fourth-order valence-electron chi connectivity index (χ4n) is 8.86. The van der Waals surface area contributed by atoms with Gasteiger partial charge in [-0.2, -0.15) is 0 Å². The third-order valence-corrected chi connectivity index (χ3v) is 14.8. The molecule has 460 valence electrons. The van der Waals surface area contributed by atoms with E-state index in [0.29, 0.717) is 23.9 Å². The van der Waals surface area contributed by atoms with Gasteiger partial charge >= 0.3 is 11.9 Å². The number of hydrogen-bond donors (Lipinski definition) is 0. The summed E-state index contributed by atoms with van der Waals surface area (Å²) < 4.78 is 34.1. The zero-order chi connectivity index (χ0) is 58.4. The monoisotopic (exact) mass is 1140 g/mol. The predicted octanol–water partition coefficient (Wildman–Crippen LogP) is 20.3. The van der Waals surface area contributed by atoms with Gasteiger partial charge in [-0.3, -0.25) is 14.2 Å². The number of ether oxygens (including phenoxy) is 2. The Morgan fingerprint density at radius 1 is 0.388 bits per heavy atom. The van der Waals surface area contributed by atoms with Crippen LogP contribution in [0.25, 0.3) is 0 Å². The van der Waals surface area contributed by atoms with E-state index in [9.17, 15) is 19.0 Å². The van der Waals surface area contributed by atoms with Gasteiger partial charge in [-0.25, -0.2) is 0 Å². The van der Waals surface area contributed by atoms with Crippen molar-refractivity contribution in [1.82, 2.24) is 0 Å². The summed E-state index contributed by atoms with van der Waals surface area (Å²) in [6, 6.07) is 0. The van der Waals surface area contributed by atoms with Crippen LogP contribution in [0.4, 0.5) is 0 Å². The van der Waals surface area contributed by atoms with E-state index < -0.39 is 32.5 Å². The maximum Gasteiger partial charge on any atom is 0.306 e. The van der Waals surface area contributed by atoms with Gasteiger partial charge in [0.25, 0.3) is 7.82 Å². The first kappa shape index (κ1) is 76.7. The molecule has 0 bridgehead atoms. The molecule has 0 amide bonds. The zero-order valence-corrected chi connectivity index (χ0v) is 53.1. The number of esters is 2. The molecule has 10 heteroatoms. The fourth-order valence-corrected chi connectivity index (χ4v) is 9.59. The third kappa shape index (κ3) is 63.8. The van der Waals surface area contributed by atoms with Crippen LogP contribution in [0, 0.1) is 0 Å². The summed E-state index contributed by atoms with van der Waals surface area (Å²) in [6.07, 6.45) is 84.8. The Morgan fingerprint density at radius 2 is 0.688 bits per heavy atom. The van der Waals surface area contributed by atoms with Gasteiger partial charge in [-0.05, 0) is 89.9 Å². The summed E-state index contributed by atoms with van der Waals surface area (Å²) in [5, 5.41) is 0. The second-order valence-corrected chi connectivity index (χ2v) is 24.1. The average molecular weight is 1140 g/mol. The minimum absolute atomic E-state index is 0.0445. The Kier molecular flexibility index (Phi) is 57.8. The van der Waals surface area contributed by atoms with Crippen molar-refractivity contribution in [3.63, 3.8) is 0 Å². The van der Waals surface area contributed by atoms with E-state index in [0.717, 1.165) is 77.0 Å². The molecule has 0 aromatic rings. The van der Waals surface area contributed by atoms with E-state index in [4.69, 9.17) is 18.5 Å². The summed E-state index contributed by atoms with van der Waals surface area (Å²) in [7, 11) is 1.13. The minimum atomic E-state index is -4.66. The number of hydrogen-bond acceptors (Lipinski definition) is 8. The van der Waals surface area contributed by atoms with Gasteiger partial charge < -0.3 is 27.9 Å². The van der Waals surface area contributed by atoms with Crippen LogP contribution >= 0.6 is 7.82 Å². The summed E-state index contributed by atoms with van der Waals surface area (Å²) in [5.74, 6) is -0.898. The SMILES string of the molecule is CC/C=C\C/C=C\C/C=C\C/C=C\C/C=C\CCCC(=O)OC(COC(=O)CCCCCCCCCCCCCCCCCCCCCCCCCCCC/C=C\C/C=C\C/C=C\C/C=C\CC)COP(=O)([O-])OCC[N+](C)(C)C. The number of allylic oxidation sites excluding steroid dienone is 18. The molecule has 0 radical (unpaired) electrons. The molecule has 0 aliphatic rings. The standard InChI is InChI=1S/C70H122NO8P/c1-6-8-10-12-14-16-18-20-22-24-25-26-27-28-29-30-31-32-33-34-35-36-37-38-39-40-41-42-43-44-45-47-48-50-52-54-56-58-60-62-69(72)76-66-68(67-78-80(74,75)77-65-64-71(3,4)5)79-70(73)63-61-59-57-55-53-51-49-46-23-21-19-17-15-13-11-9-7-2/h8-11,14-17,20-23,25-26,49,51,55,57,68H,6-7,12-13,18-19,24,27-48,50,52-54,56,58-67H2,1-5H3/b10-8-,11-9-,16-14-,17-15-,22-20-,23-21-,26-25-,51-49-,57-55-. The Balaban J connectivity index is 3.95. The molecule has 0 fully saturated rings. The lowest BCUT2D eigenvalue weighted by Crippen LogP contribution is -2.37. The molecular weight excluding hydrogens is 1010 g/mol. The van der Waals surface area contributed by atoms with Crippen LogP contribution in [0.3, 0.4) is 0 Å². The van der Waals surface area contributed by atoms with Gasteiger partial charge in [0.05, 0.1) is 27.7 Å². The normalized spacial score (nSPS) is 13.9. The van der Waals surface area contributed by atoms with Gasteiger partial charge in [0.15, 0.2) is 6.10 Å². The first-order valence-corrected chi connectivity index (χ1v) is 34.1. The number of carbonyl (C=O) groups excluding carboxylic acids is 2. The summed E-state index contributed by atoms with van der Waals surface area (Å²) >= 11 is 0. The number of phosphoric ester groups is 1. The molecule has 9 nitrogen and oxygen atoms in total. The minimum Gasteiger partial charge on any atom is -0.756 e. The van der Waals surface area contributed by atoms with E-state index in [1.807, 2.05) is 27.2 Å². The second kappa shape index (κ2) is 60.3. The smallest absolute Gasteiger partial charge is 0.306 e. The molecule has 2 atom stereocenters. The Morgan fingerprint density at radius 3 is 1.04 bits per heavy atom. The Bertz CT molecular complexity index is 1720. The number of phosphoric acid groups is 1. The molecule has 0 aliphatic heterocycles. The maximum absolute atomic E-state index is 12.8. The fraction of sp³-hybridized carbons (Fsp3) is 0.714. The molecule has 2 unspecified atom stereocenters. The predicted molar refractivity (Wildman–Crippen MR) is 342 cm³/mol. The highest BCUT2D eigenvalue weighted by atomic mass is 31.2. The van der Waals surface area contributed by atoms with Crippen molar-refractivity contribution in [2.24, 2.45) is 0 Å². The molecule has 0 aliphatic carbocycles. The van der Waals surface area contributed by atoms with E-state index in [1.165, 1.54) is 154 Å². The number of quaternary nitrogens is 1. The molecule has 0 N–H and O–H groups in total. The molecular formula is C70H122NO8P. The third-order valence-electron chi connectivity index (χ3n) is 13.8. The first-order valence-electron chi connectivity index (χ1n) is 32.6. The molecule has 0 saturated carbocycles. The number of unbranched alkanes of at least 4 members (excludes halogenated alkanes) is 27. The van der Waals surface area contributed by atoms with Crippen LogP contribution in [0.1, 0.15) is 271 Å². The lowest BCUT2D eigenvalue weighted by Gasteiger charge is -2.28. The van der Waals surface area contributed by atoms with E-state index in [2.05, 4.69) is 117 Å². The van der Waals surface area contributed by atoms with Crippen LogP contribution < -0.4 is 4.89 Å². The molecule has 0 saturated heterocycles. The molecule has 0 spiro atoms.